The minimum Gasteiger partial charge on any atom is -0.361 e. The summed E-state index contributed by atoms with van der Waals surface area (Å²) in [5, 5.41) is 13.7. The molecule has 1 fully saturated rings. The lowest BCUT2D eigenvalue weighted by Gasteiger charge is -2.05. The van der Waals surface area contributed by atoms with Gasteiger partial charge in [0.1, 0.15) is 5.82 Å². The van der Waals surface area contributed by atoms with Crippen LogP contribution in [-0.4, -0.2) is 11.5 Å². The molecule has 3 nitrogen and oxygen atoms in total. The topological polar surface area (TPSA) is 51.6 Å². The van der Waals surface area contributed by atoms with E-state index in [0.29, 0.717) is 17.4 Å². The molecule has 0 spiro atoms. The summed E-state index contributed by atoms with van der Waals surface area (Å²) in [5.41, 5.74) is 4.21. The Bertz CT molecular complexity index is 905. The predicted molar refractivity (Wildman–Crippen MR) is 92.0 cm³/mol. The van der Waals surface area contributed by atoms with E-state index in [1.165, 1.54) is 29.5 Å². The van der Waals surface area contributed by atoms with E-state index in [9.17, 15) is 4.39 Å². The number of benzene rings is 2. The van der Waals surface area contributed by atoms with E-state index in [2.05, 4.69) is 22.6 Å². The molecule has 1 aromatic heterocycles. The molecular weight excluding hydrogens is 301 g/mol. The Kier molecular flexibility index (Phi) is 3.79. The van der Waals surface area contributed by atoms with E-state index in [1.54, 1.807) is 0 Å². The van der Waals surface area contributed by atoms with Crippen LogP contribution in [0.25, 0.3) is 10.9 Å². The molecule has 120 valence electrons. The van der Waals surface area contributed by atoms with Gasteiger partial charge >= 0.3 is 0 Å². The average Bonchev–Trinajstić information content (AvgIpc) is 3.25. The molecule has 1 saturated carbocycles. The summed E-state index contributed by atoms with van der Waals surface area (Å²) in [4.78, 5) is 3.30. The van der Waals surface area contributed by atoms with Gasteiger partial charge in [0.15, 0.2) is 0 Å². The van der Waals surface area contributed by atoms with E-state index in [1.807, 2.05) is 30.3 Å². The van der Waals surface area contributed by atoms with Gasteiger partial charge in [-0.3, -0.25) is 0 Å². The number of hydrogen-bond donors (Lipinski definition) is 2. The number of H-pyrrole nitrogens is 1. The number of rotatable bonds is 5. The maximum absolute atomic E-state index is 12.9. The maximum atomic E-state index is 12.9. The van der Waals surface area contributed by atoms with Crippen molar-refractivity contribution in [3.8, 4) is 6.07 Å². The molecule has 1 heterocycles. The minimum absolute atomic E-state index is 0.197. The smallest absolute Gasteiger partial charge is 0.123 e. The summed E-state index contributed by atoms with van der Waals surface area (Å²) < 4.78 is 12.9. The third-order valence-electron chi connectivity index (χ3n) is 4.81. The van der Waals surface area contributed by atoms with Crippen molar-refractivity contribution in [1.82, 2.24) is 10.3 Å². The first-order valence-corrected chi connectivity index (χ1v) is 8.21. The molecule has 3 aromatic rings. The van der Waals surface area contributed by atoms with Gasteiger partial charge in [0, 0.05) is 23.6 Å². The monoisotopic (exact) mass is 319 g/mol. The number of fused-ring (bicyclic) bond motifs is 1. The molecule has 1 aliphatic rings. The van der Waals surface area contributed by atoms with Crippen LogP contribution >= 0.6 is 0 Å². The van der Waals surface area contributed by atoms with Crippen LogP contribution in [0.15, 0.2) is 48.7 Å². The van der Waals surface area contributed by atoms with Crippen molar-refractivity contribution in [2.45, 2.75) is 18.9 Å². The lowest BCUT2D eigenvalue weighted by molar-refractivity contribution is 0.616. The summed E-state index contributed by atoms with van der Waals surface area (Å²) in [6, 6.07) is 14.6. The zero-order valence-corrected chi connectivity index (χ0v) is 13.2. The molecule has 0 radical (unpaired) electrons. The van der Waals surface area contributed by atoms with Crippen LogP contribution in [0.2, 0.25) is 0 Å². The summed E-state index contributed by atoms with van der Waals surface area (Å²) in [6.45, 7) is 1.71. The van der Waals surface area contributed by atoms with Crippen LogP contribution in [0.4, 0.5) is 4.39 Å². The van der Waals surface area contributed by atoms with Gasteiger partial charge in [-0.1, -0.05) is 12.1 Å². The molecule has 2 aromatic carbocycles. The molecule has 2 N–H and O–H groups in total. The largest absolute Gasteiger partial charge is 0.361 e. The Balaban J connectivity index is 1.38. The Labute approximate surface area is 140 Å². The number of aromatic nitrogens is 1. The van der Waals surface area contributed by atoms with Gasteiger partial charge in [0.05, 0.1) is 11.6 Å². The highest BCUT2D eigenvalue weighted by atomic mass is 19.1. The van der Waals surface area contributed by atoms with Gasteiger partial charge in [0.25, 0.3) is 0 Å². The second-order valence-corrected chi connectivity index (χ2v) is 6.48. The quantitative estimate of drug-likeness (QED) is 0.745. The SMILES string of the molecule is N#Cc1ccc2[nH]cc(C3CC3CNCc3ccc(F)cc3)c2c1. The molecule has 0 aliphatic heterocycles. The van der Waals surface area contributed by atoms with E-state index in [-0.39, 0.29) is 5.82 Å². The second-order valence-electron chi connectivity index (χ2n) is 6.48. The molecular formula is C20H18FN3. The van der Waals surface area contributed by atoms with E-state index in [4.69, 9.17) is 5.26 Å². The van der Waals surface area contributed by atoms with Crippen molar-refractivity contribution < 1.29 is 4.39 Å². The van der Waals surface area contributed by atoms with Gasteiger partial charge in [-0.05, 0) is 66.3 Å². The molecule has 2 unspecified atom stereocenters. The van der Waals surface area contributed by atoms with E-state index >= 15 is 0 Å². The van der Waals surface area contributed by atoms with Crippen molar-refractivity contribution in [2.24, 2.45) is 5.92 Å². The lowest BCUT2D eigenvalue weighted by atomic mass is 10.1. The van der Waals surface area contributed by atoms with Gasteiger partial charge in [-0.2, -0.15) is 5.26 Å². The number of aromatic amines is 1. The Morgan fingerprint density at radius 3 is 2.83 bits per heavy atom. The van der Waals surface area contributed by atoms with Crippen molar-refractivity contribution >= 4 is 10.9 Å². The number of nitrogens with zero attached hydrogens (tertiary/aromatic N) is 1. The molecule has 0 saturated heterocycles. The fraction of sp³-hybridized carbons (Fsp3) is 0.250. The van der Waals surface area contributed by atoms with Crippen molar-refractivity contribution in [3.05, 3.63) is 71.2 Å². The number of nitrogens with one attached hydrogen (secondary N) is 2. The molecule has 0 amide bonds. The molecule has 24 heavy (non-hydrogen) atoms. The zero-order valence-electron chi connectivity index (χ0n) is 13.2. The summed E-state index contributed by atoms with van der Waals surface area (Å²) in [5.74, 6) is 0.973. The second kappa shape index (κ2) is 6.10. The van der Waals surface area contributed by atoms with E-state index < -0.39 is 0 Å². The molecule has 4 rings (SSSR count). The fourth-order valence-electron chi connectivity index (χ4n) is 3.38. The Morgan fingerprint density at radius 2 is 2.04 bits per heavy atom. The van der Waals surface area contributed by atoms with E-state index in [0.717, 1.165) is 24.2 Å². The van der Waals surface area contributed by atoms with Crippen molar-refractivity contribution in [2.75, 3.05) is 6.54 Å². The number of hydrogen-bond acceptors (Lipinski definition) is 2. The third kappa shape index (κ3) is 2.91. The molecule has 0 bridgehead atoms. The highest BCUT2D eigenvalue weighted by Gasteiger charge is 2.39. The molecule has 2 atom stereocenters. The van der Waals surface area contributed by atoms with Gasteiger partial charge in [-0.25, -0.2) is 4.39 Å². The summed E-state index contributed by atoms with van der Waals surface area (Å²) >= 11 is 0. The van der Waals surface area contributed by atoms with Crippen LogP contribution in [0.5, 0.6) is 0 Å². The van der Waals surface area contributed by atoms with Crippen LogP contribution in [0.3, 0.4) is 0 Å². The first-order chi connectivity index (χ1) is 11.7. The number of nitriles is 1. The average molecular weight is 319 g/mol. The fourth-order valence-corrected chi connectivity index (χ4v) is 3.38. The summed E-state index contributed by atoms with van der Waals surface area (Å²) in [6.07, 6.45) is 3.25. The first-order valence-electron chi connectivity index (χ1n) is 8.21. The van der Waals surface area contributed by atoms with Gasteiger partial charge in [0.2, 0.25) is 0 Å². The molecule has 1 aliphatic carbocycles. The first kappa shape index (κ1) is 14.9. The highest BCUT2D eigenvalue weighted by Crippen LogP contribution is 2.49. The standard InChI is InChI=1S/C20H18FN3/c21-16-4-1-13(2-5-16)10-23-11-15-8-17(15)19-12-24-20-6-3-14(9-22)7-18(19)20/h1-7,12,15,17,23-24H,8,10-11H2. The van der Waals surface area contributed by atoms with Crippen molar-refractivity contribution in [1.29, 1.82) is 5.26 Å². The summed E-state index contributed by atoms with van der Waals surface area (Å²) in [7, 11) is 0. The maximum Gasteiger partial charge on any atom is 0.123 e. The minimum atomic E-state index is -0.197. The predicted octanol–water partition coefficient (Wildman–Crippen LogP) is 4.07. The Hall–Kier alpha value is -2.64. The van der Waals surface area contributed by atoms with Crippen LogP contribution in [0.1, 0.15) is 29.0 Å². The highest BCUT2D eigenvalue weighted by molar-refractivity contribution is 5.85. The van der Waals surface area contributed by atoms with Crippen LogP contribution in [0, 0.1) is 23.1 Å². The normalized spacial score (nSPS) is 19.3. The van der Waals surface area contributed by atoms with Crippen LogP contribution < -0.4 is 5.32 Å². The Morgan fingerprint density at radius 1 is 1.21 bits per heavy atom. The number of halogens is 1. The van der Waals surface area contributed by atoms with Gasteiger partial charge < -0.3 is 10.3 Å². The molecule has 4 heteroatoms. The van der Waals surface area contributed by atoms with Crippen molar-refractivity contribution in [3.63, 3.8) is 0 Å². The lowest BCUT2D eigenvalue weighted by Crippen LogP contribution is -2.16. The third-order valence-corrected chi connectivity index (χ3v) is 4.81. The van der Waals surface area contributed by atoms with Gasteiger partial charge in [-0.15, -0.1) is 0 Å². The van der Waals surface area contributed by atoms with Crippen LogP contribution in [-0.2, 0) is 6.54 Å². The zero-order chi connectivity index (χ0) is 16.5.